The van der Waals surface area contributed by atoms with Crippen LogP contribution in [0.15, 0.2) is 46.9 Å². The molecule has 0 aliphatic heterocycles. The minimum absolute atomic E-state index is 0.0655. The molecule has 4 nitrogen and oxygen atoms in total. The van der Waals surface area contributed by atoms with Crippen LogP contribution in [0.3, 0.4) is 0 Å². The molecule has 2 N–H and O–H groups in total. The fourth-order valence-corrected chi connectivity index (χ4v) is 3.25. The molecule has 6 heteroatoms. The first-order valence-corrected chi connectivity index (χ1v) is 10.6. The first-order valence-electron chi connectivity index (χ1n) is 9.29. The third-order valence-electron chi connectivity index (χ3n) is 4.67. The van der Waals surface area contributed by atoms with E-state index in [0.29, 0.717) is 24.2 Å². The number of benzene rings is 2. The molecule has 0 aliphatic carbocycles. The summed E-state index contributed by atoms with van der Waals surface area (Å²) in [6.07, 6.45) is -0.873. The maximum absolute atomic E-state index is 9.39. The van der Waals surface area contributed by atoms with Crippen molar-refractivity contribution in [3.63, 3.8) is 0 Å². The molecule has 2 rings (SSSR count). The molecule has 0 bridgehead atoms. The van der Waals surface area contributed by atoms with Crippen molar-refractivity contribution in [1.82, 2.24) is 0 Å². The summed E-state index contributed by atoms with van der Waals surface area (Å²) in [5.74, 6) is 2.33. The number of aliphatic hydroxyl groups excluding tert-OH is 2. The summed E-state index contributed by atoms with van der Waals surface area (Å²) >= 11 is 9.45. The predicted molar refractivity (Wildman–Crippen MR) is 117 cm³/mol. The van der Waals surface area contributed by atoms with Gasteiger partial charge in [-0.2, -0.15) is 0 Å². The second kappa shape index (κ2) is 10.5. The summed E-state index contributed by atoms with van der Waals surface area (Å²) in [7, 11) is 0. The zero-order chi connectivity index (χ0) is 20.7. The van der Waals surface area contributed by atoms with Crippen molar-refractivity contribution in [2.24, 2.45) is 5.92 Å². The summed E-state index contributed by atoms with van der Waals surface area (Å²) in [4.78, 5) is 0. The number of hydrogen-bond acceptors (Lipinski definition) is 4. The van der Waals surface area contributed by atoms with Crippen LogP contribution in [0.1, 0.15) is 31.9 Å². The monoisotopic (exact) mass is 470 g/mol. The highest BCUT2D eigenvalue weighted by Crippen LogP contribution is 2.36. The third kappa shape index (κ3) is 6.11. The topological polar surface area (TPSA) is 58.9 Å². The smallest absolute Gasteiger partial charge is 0.133 e. The van der Waals surface area contributed by atoms with Crippen LogP contribution in [0.25, 0.3) is 0 Å². The van der Waals surface area contributed by atoms with Gasteiger partial charge >= 0.3 is 0 Å². The van der Waals surface area contributed by atoms with Crippen molar-refractivity contribution in [2.45, 2.75) is 32.3 Å². The van der Waals surface area contributed by atoms with Gasteiger partial charge in [0.1, 0.15) is 24.2 Å². The Bertz CT molecular complexity index is 749. The Labute approximate surface area is 180 Å². The van der Waals surface area contributed by atoms with Gasteiger partial charge in [-0.05, 0) is 51.3 Å². The van der Waals surface area contributed by atoms with Gasteiger partial charge in [0.2, 0.25) is 0 Å². The summed E-state index contributed by atoms with van der Waals surface area (Å²) in [5, 5.41) is 18.2. The standard InChI is InChI=1S/C22H28BrClO4/c1-15(11-24)13-28-21-9-6-17(10-20(21)23)22(2,3)16-4-7-19(8-5-16)27-14-18(26)12-25/h4-10,15,18,25-26H,11-14H2,1-3H3/t15-,18-/m1/s1. The molecule has 0 fully saturated rings. The maximum atomic E-state index is 9.39. The highest BCUT2D eigenvalue weighted by atomic mass is 79.9. The first kappa shape index (κ1) is 23.0. The molecule has 2 atom stereocenters. The highest BCUT2D eigenvalue weighted by molar-refractivity contribution is 9.10. The van der Waals surface area contributed by atoms with Crippen LogP contribution >= 0.6 is 27.5 Å². The van der Waals surface area contributed by atoms with E-state index in [1.54, 1.807) is 0 Å². The van der Waals surface area contributed by atoms with Crippen LogP contribution in [-0.2, 0) is 5.41 Å². The molecule has 0 amide bonds. The van der Waals surface area contributed by atoms with E-state index in [0.717, 1.165) is 21.3 Å². The number of halogens is 2. The molecule has 0 spiro atoms. The van der Waals surface area contributed by atoms with Crippen molar-refractivity contribution in [3.05, 3.63) is 58.1 Å². The van der Waals surface area contributed by atoms with Gasteiger partial charge < -0.3 is 19.7 Å². The van der Waals surface area contributed by atoms with Crippen molar-refractivity contribution in [2.75, 3.05) is 25.7 Å². The molecular weight excluding hydrogens is 444 g/mol. The molecule has 0 aliphatic rings. The van der Waals surface area contributed by atoms with E-state index in [9.17, 15) is 5.11 Å². The highest BCUT2D eigenvalue weighted by Gasteiger charge is 2.24. The second-order valence-electron chi connectivity index (χ2n) is 7.51. The van der Waals surface area contributed by atoms with Gasteiger partial charge in [0.05, 0.1) is 17.7 Å². The van der Waals surface area contributed by atoms with Crippen molar-refractivity contribution < 1.29 is 19.7 Å². The Morgan fingerprint density at radius 1 is 1.04 bits per heavy atom. The van der Waals surface area contributed by atoms with Gasteiger partial charge in [-0.1, -0.05) is 39.0 Å². The second-order valence-corrected chi connectivity index (χ2v) is 8.68. The Balaban J connectivity index is 2.11. The number of aliphatic hydroxyl groups is 2. The third-order valence-corrected chi connectivity index (χ3v) is 5.82. The zero-order valence-corrected chi connectivity index (χ0v) is 18.8. The molecule has 0 unspecified atom stereocenters. The van der Waals surface area contributed by atoms with Crippen molar-refractivity contribution in [3.8, 4) is 11.5 Å². The number of hydrogen-bond donors (Lipinski definition) is 2. The lowest BCUT2D eigenvalue weighted by atomic mass is 9.78. The number of ether oxygens (including phenoxy) is 2. The van der Waals surface area contributed by atoms with Gasteiger partial charge in [-0.15, -0.1) is 11.6 Å². The van der Waals surface area contributed by atoms with Crippen LogP contribution in [-0.4, -0.2) is 42.0 Å². The van der Waals surface area contributed by atoms with E-state index in [1.807, 2.05) is 30.3 Å². The van der Waals surface area contributed by atoms with Crippen LogP contribution in [0.2, 0.25) is 0 Å². The van der Waals surface area contributed by atoms with E-state index in [4.69, 9.17) is 26.2 Å². The van der Waals surface area contributed by atoms with Crippen LogP contribution < -0.4 is 9.47 Å². The Kier molecular flexibility index (Phi) is 8.62. The quantitative estimate of drug-likeness (QED) is 0.491. The van der Waals surface area contributed by atoms with Crippen LogP contribution in [0.5, 0.6) is 11.5 Å². The fraction of sp³-hybridized carbons (Fsp3) is 0.455. The maximum Gasteiger partial charge on any atom is 0.133 e. The van der Waals surface area contributed by atoms with E-state index >= 15 is 0 Å². The van der Waals surface area contributed by atoms with Gasteiger partial charge in [-0.3, -0.25) is 0 Å². The largest absolute Gasteiger partial charge is 0.492 e. The minimum Gasteiger partial charge on any atom is -0.492 e. The van der Waals surface area contributed by atoms with E-state index < -0.39 is 6.10 Å². The molecule has 28 heavy (non-hydrogen) atoms. The molecule has 154 valence electrons. The van der Waals surface area contributed by atoms with Crippen LogP contribution in [0.4, 0.5) is 0 Å². The lowest BCUT2D eigenvalue weighted by molar-refractivity contribution is 0.0536. The molecule has 0 heterocycles. The summed E-state index contributed by atoms with van der Waals surface area (Å²) in [6.45, 7) is 6.71. The summed E-state index contributed by atoms with van der Waals surface area (Å²) < 4.78 is 12.2. The van der Waals surface area contributed by atoms with Gasteiger partial charge in [0.15, 0.2) is 0 Å². The SMILES string of the molecule is C[C@H](CCl)COc1ccc(C(C)(C)c2ccc(OC[C@H](O)CO)cc2)cc1Br. The van der Waals surface area contributed by atoms with E-state index in [2.05, 4.69) is 48.8 Å². The Hall–Kier alpha value is -1.27. The van der Waals surface area contributed by atoms with Gasteiger partial charge in [0, 0.05) is 17.2 Å². The van der Waals surface area contributed by atoms with Crippen molar-refractivity contribution >= 4 is 27.5 Å². The molecule has 0 saturated heterocycles. The van der Waals surface area contributed by atoms with E-state index in [1.165, 1.54) is 0 Å². The van der Waals surface area contributed by atoms with Crippen molar-refractivity contribution in [1.29, 1.82) is 0 Å². The minimum atomic E-state index is -0.873. The summed E-state index contributed by atoms with van der Waals surface area (Å²) in [5.41, 5.74) is 2.08. The molecule has 2 aromatic rings. The summed E-state index contributed by atoms with van der Waals surface area (Å²) in [6, 6.07) is 13.9. The average Bonchev–Trinajstić information content (AvgIpc) is 2.70. The molecule has 0 aromatic heterocycles. The normalized spacial score (nSPS) is 13.8. The van der Waals surface area contributed by atoms with Gasteiger partial charge in [-0.25, -0.2) is 0 Å². The Morgan fingerprint density at radius 3 is 2.25 bits per heavy atom. The molecule has 0 saturated carbocycles. The molecule has 2 aromatic carbocycles. The average molecular weight is 472 g/mol. The lowest BCUT2D eigenvalue weighted by Crippen LogP contribution is -2.21. The number of alkyl halides is 1. The van der Waals surface area contributed by atoms with Gasteiger partial charge in [0.25, 0.3) is 0 Å². The number of rotatable bonds is 10. The molecule has 0 radical (unpaired) electrons. The first-order chi connectivity index (χ1) is 13.3. The van der Waals surface area contributed by atoms with E-state index in [-0.39, 0.29) is 18.6 Å². The Morgan fingerprint density at radius 2 is 1.68 bits per heavy atom. The van der Waals surface area contributed by atoms with Crippen LogP contribution in [0, 0.1) is 5.92 Å². The zero-order valence-electron chi connectivity index (χ0n) is 16.5. The fourth-order valence-electron chi connectivity index (χ4n) is 2.66. The molecular formula is C22H28BrClO4. The lowest BCUT2D eigenvalue weighted by Gasteiger charge is -2.27. The predicted octanol–water partition coefficient (Wildman–Crippen LogP) is 4.76.